The molecule has 1 unspecified atom stereocenters. The zero-order valence-corrected chi connectivity index (χ0v) is 15.5. The lowest BCUT2D eigenvalue weighted by Gasteiger charge is -2.21. The maximum atomic E-state index is 12.5. The zero-order chi connectivity index (χ0) is 18.4. The summed E-state index contributed by atoms with van der Waals surface area (Å²) >= 11 is 1.43. The van der Waals surface area contributed by atoms with E-state index in [0.717, 1.165) is 42.5 Å². The Morgan fingerprint density at radius 1 is 1.28 bits per heavy atom. The molecule has 0 bridgehead atoms. The van der Waals surface area contributed by atoms with Gasteiger partial charge in [-0.15, -0.1) is 11.3 Å². The number of hydrogen-bond donors (Lipinski definition) is 2. The Balaban J connectivity index is 2.24. The minimum atomic E-state index is -1.02. The first-order valence-corrected chi connectivity index (χ1v) is 9.61. The van der Waals surface area contributed by atoms with E-state index in [2.05, 4.69) is 12.2 Å². The number of esters is 1. The molecule has 1 heterocycles. The largest absolute Gasteiger partial charge is 0.481 e. The smallest absolute Gasteiger partial charge is 0.341 e. The van der Waals surface area contributed by atoms with Gasteiger partial charge in [0.15, 0.2) is 0 Å². The molecule has 1 aromatic heterocycles. The number of anilines is 1. The highest BCUT2D eigenvalue weighted by Crippen LogP contribution is 2.40. The first kappa shape index (κ1) is 19.4. The summed E-state index contributed by atoms with van der Waals surface area (Å²) in [5.74, 6) is -1.21. The predicted octanol–water partition coefficient (Wildman–Crippen LogP) is 3.63. The molecule has 0 spiro atoms. The molecular weight excluding hydrogens is 342 g/mol. The first-order chi connectivity index (χ1) is 12.0. The third kappa shape index (κ3) is 5.04. The number of nitrogens with one attached hydrogen (secondary N) is 1. The van der Waals surface area contributed by atoms with Crippen molar-refractivity contribution in [2.75, 3.05) is 11.9 Å². The fraction of sp³-hybridized carbons (Fsp3) is 0.611. The van der Waals surface area contributed by atoms with Crippen molar-refractivity contribution < 1.29 is 24.2 Å². The maximum Gasteiger partial charge on any atom is 0.341 e. The molecule has 1 amide bonds. The van der Waals surface area contributed by atoms with Gasteiger partial charge in [0.05, 0.1) is 18.6 Å². The molecule has 1 atom stereocenters. The van der Waals surface area contributed by atoms with Crippen LogP contribution in [0.15, 0.2) is 0 Å². The van der Waals surface area contributed by atoms with Crippen LogP contribution in [0.25, 0.3) is 0 Å². The number of hydrogen-bond acceptors (Lipinski definition) is 5. The van der Waals surface area contributed by atoms with Gasteiger partial charge < -0.3 is 15.2 Å². The van der Waals surface area contributed by atoms with E-state index in [-0.39, 0.29) is 12.8 Å². The summed E-state index contributed by atoms with van der Waals surface area (Å²) in [5.41, 5.74) is 1.45. The Kier molecular flexibility index (Phi) is 6.99. The highest BCUT2D eigenvalue weighted by molar-refractivity contribution is 7.17. The van der Waals surface area contributed by atoms with Gasteiger partial charge in [0.2, 0.25) is 5.91 Å². The van der Waals surface area contributed by atoms with Crippen LogP contribution >= 0.6 is 11.3 Å². The molecule has 0 aromatic carbocycles. The van der Waals surface area contributed by atoms with Crippen LogP contribution in [0.5, 0.6) is 0 Å². The van der Waals surface area contributed by atoms with Crippen molar-refractivity contribution in [3.8, 4) is 0 Å². The van der Waals surface area contributed by atoms with Crippen molar-refractivity contribution in [2.24, 2.45) is 5.92 Å². The number of ether oxygens (including phenoxy) is 1. The van der Waals surface area contributed by atoms with Gasteiger partial charge in [-0.2, -0.15) is 0 Å². The summed E-state index contributed by atoms with van der Waals surface area (Å²) in [6.45, 7) is 4.43. The van der Waals surface area contributed by atoms with Crippen LogP contribution in [0.2, 0.25) is 0 Å². The second-order valence-corrected chi connectivity index (χ2v) is 7.41. The number of fused-ring (bicyclic) bond motifs is 1. The number of carbonyl (C=O) groups excluding carboxylic acids is 2. The number of aliphatic carboxylic acids is 1. The SMILES string of the molecule is CCCOC(=O)c1c(NC(=O)CCC(=O)O)sc2c1CCC(CC)C2. The van der Waals surface area contributed by atoms with Crippen LogP contribution in [0.4, 0.5) is 5.00 Å². The summed E-state index contributed by atoms with van der Waals surface area (Å²) in [6.07, 6.45) is 4.23. The van der Waals surface area contributed by atoms with E-state index in [0.29, 0.717) is 23.1 Å². The fourth-order valence-corrected chi connectivity index (χ4v) is 4.35. The molecule has 1 aromatic rings. The normalized spacial score (nSPS) is 16.2. The molecule has 2 N–H and O–H groups in total. The van der Waals surface area contributed by atoms with Gasteiger partial charge in [-0.25, -0.2) is 4.79 Å². The zero-order valence-electron chi connectivity index (χ0n) is 14.7. The van der Waals surface area contributed by atoms with Crippen LogP contribution in [0.3, 0.4) is 0 Å². The van der Waals surface area contributed by atoms with E-state index in [1.807, 2.05) is 6.92 Å². The molecule has 7 heteroatoms. The predicted molar refractivity (Wildman–Crippen MR) is 96.2 cm³/mol. The van der Waals surface area contributed by atoms with Gasteiger partial charge in [-0.05, 0) is 37.2 Å². The summed E-state index contributed by atoms with van der Waals surface area (Å²) in [6, 6.07) is 0. The summed E-state index contributed by atoms with van der Waals surface area (Å²) < 4.78 is 5.30. The van der Waals surface area contributed by atoms with Crippen LogP contribution < -0.4 is 5.32 Å². The van der Waals surface area contributed by atoms with E-state index in [4.69, 9.17) is 9.84 Å². The summed E-state index contributed by atoms with van der Waals surface area (Å²) in [5, 5.41) is 11.9. The minimum Gasteiger partial charge on any atom is -0.481 e. The second-order valence-electron chi connectivity index (χ2n) is 6.30. The number of amides is 1. The first-order valence-electron chi connectivity index (χ1n) is 8.79. The molecule has 0 fully saturated rings. The van der Waals surface area contributed by atoms with Crippen LogP contribution in [-0.4, -0.2) is 29.6 Å². The summed E-state index contributed by atoms with van der Waals surface area (Å²) in [4.78, 5) is 36.3. The van der Waals surface area contributed by atoms with Crippen molar-refractivity contribution in [3.05, 3.63) is 16.0 Å². The quantitative estimate of drug-likeness (QED) is 0.684. The Morgan fingerprint density at radius 3 is 2.68 bits per heavy atom. The molecular formula is C18H25NO5S. The Morgan fingerprint density at radius 2 is 2.04 bits per heavy atom. The third-order valence-electron chi connectivity index (χ3n) is 4.40. The topological polar surface area (TPSA) is 92.7 Å². The number of rotatable bonds is 8. The van der Waals surface area contributed by atoms with Crippen molar-refractivity contribution in [3.63, 3.8) is 0 Å². The monoisotopic (exact) mass is 367 g/mol. The van der Waals surface area contributed by atoms with Gasteiger partial charge >= 0.3 is 11.9 Å². The molecule has 138 valence electrons. The second kappa shape index (κ2) is 8.99. The van der Waals surface area contributed by atoms with Crippen LogP contribution in [0.1, 0.15) is 66.8 Å². The molecule has 2 rings (SSSR count). The third-order valence-corrected chi connectivity index (χ3v) is 5.57. The highest BCUT2D eigenvalue weighted by atomic mass is 32.1. The van der Waals surface area contributed by atoms with Gasteiger partial charge in [-0.1, -0.05) is 20.3 Å². The van der Waals surface area contributed by atoms with Crippen LogP contribution in [-0.2, 0) is 27.2 Å². The van der Waals surface area contributed by atoms with Gasteiger partial charge in [0, 0.05) is 11.3 Å². The van der Waals surface area contributed by atoms with Crippen molar-refractivity contribution in [1.82, 2.24) is 0 Å². The fourth-order valence-electron chi connectivity index (χ4n) is 2.98. The molecule has 0 aliphatic heterocycles. The van der Waals surface area contributed by atoms with E-state index in [1.165, 1.54) is 11.3 Å². The number of carboxylic acids is 1. The van der Waals surface area contributed by atoms with E-state index < -0.39 is 17.8 Å². The molecule has 1 aliphatic carbocycles. The van der Waals surface area contributed by atoms with E-state index in [1.54, 1.807) is 0 Å². The van der Waals surface area contributed by atoms with Crippen molar-refractivity contribution >= 4 is 34.2 Å². The van der Waals surface area contributed by atoms with Gasteiger partial charge in [-0.3, -0.25) is 9.59 Å². The molecule has 0 saturated heterocycles. The van der Waals surface area contributed by atoms with Gasteiger partial charge in [0.1, 0.15) is 5.00 Å². The molecule has 0 radical (unpaired) electrons. The summed E-state index contributed by atoms with van der Waals surface area (Å²) in [7, 11) is 0. The number of carboxylic acid groups (broad SMARTS) is 1. The number of carbonyl (C=O) groups is 3. The molecule has 1 aliphatic rings. The number of thiophene rings is 1. The van der Waals surface area contributed by atoms with E-state index >= 15 is 0 Å². The highest BCUT2D eigenvalue weighted by Gasteiger charge is 2.29. The van der Waals surface area contributed by atoms with E-state index in [9.17, 15) is 14.4 Å². The maximum absolute atomic E-state index is 12.5. The van der Waals surface area contributed by atoms with Gasteiger partial charge in [0.25, 0.3) is 0 Å². The lowest BCUT2D eigenvalue weighted by Crippen LogP contribution is -2.17. The average Bonchev–Trinajstić information content (AvgIpc) is 2.94. The Bertz CT molecular complexity index is 652. The Hall–Kier alpha value is -1.89. The van der Waals surface area contributed by atoms with Crippen molar-refractivity contribution in [1.29, 1.82) is 0 Å². The lowest BCUT2D eigenvalue weighted by molar-refractivity contribution is -0.138. The molecule has 0 saturated carbocycles. The minimum absolute atomic E-state index is 0.112. The van der Waals surface area contributed by atoms with Crippen molar-refractivity contribution in [2.45, 2.75) is 58.8 Å². The standard InChI is InChI=1S/C18H25NO5S/c1-3-9-24-18(23)16-12-6-5-11(4-2)10-13(12)25-17(16)19-14(20)7-8-15(21)22/h11H,3-10H2,1-2H3,(H,19,20)(H,21,22). The van der Waals surface area contributed by atoms with Crippen LogP contribution in [0, 0.1) is 5.92 Å². The molecule has 6 nitrogen and oxygen atoms in total. The average molecular weight is 367 g/mol. The lowest BCUT2D eigenvalue weighted by atomic mass is 9.85. The Labute approximate surface area is 151 Å². The molecule has 25 heavy (non-hydrogen) atoms.